The van der Waals surface area contributed by atoms with Gasteiger partial charge in [0.1, 0.15) is 0 Å². The van der Waals surface area contributed by atoms with E-state index in [1.54, 1.807) is 17.8 Å². The summed E-state index contributed by atoms with van der Waals surface area (Å²) in [5, 5.41) is 3.39. The molecule has 0 saturated heterocycles. The van der Waals surface area contributed by atoms with Crippen molar-refractivity contribution in [2.75, 3.05) is 5.32 Å². The molecule has 0 fully saturated rings. The van der Waals surface area contributed by atoms with Gasteiger partial charge in [0.25, 0.3) is 0 Å². The summed E-state index contributed by atoms with van der Waals surface area (Å²) in [6.07, 6.45) is 4.41. The van der Waals surface area contributed by atoms with Crippen molar-refractivity contribution >= 4 is 28.9 Å². The second-order valence-electron chi connectivity index (χ2n) is 4.61. The fourth-order valence-electron chi connectivity index (χ4n) is 2.11. The first-order valence-electron chi connectivity index (χ1n) is 6.67. The molecular formula is C17H15NOS. The molecule has 0 radical (unpaired) electrons. The molecule has 0 unspecified atom stereocenters. The van der Waals surface area contributed by atoms with Crippen LogP contribution in [-0.4, -0.2) is 5.78 Å². The van der Waals surface area contributed by atoms with E-state index in [0.717, 1.165) is 28.3 Å². The lowest BCUT2D eigenvalue weighted by atomic mass is 10.1. The number of allylic oxidation sites excluding steroid dienone is 2. The molecule has 0 spiro atoms. The van der Waals surface area contributed by atoms with Crippen LogP contribution in [-0.2, 0) is 0 Å². The Labute approximate surface area is 122 Å². The maximum Gasteiger partial charge on any atom is 0.185 e. The molecule has 0 bridgehead atoms. The molecule has 0 aromatic heterocycles. The van der Waals surface area contributed by atoms with Gasteiger partial charge in [0.15, 0.2) is 5.78 Å². The zero-order valence-corrected chi connectivity index (χ0v) is 12.0. The zero-order valence-electron chi connectivity index (χ0n) is 11.2. The molecule has 0 saturated carbocycles. The molecule has 0 atom stereocenters. The molecule has 0 amide bonds. The van der Waals surface area contributed by atoms with Crippen LogP contribution in [0.1, 0.15) is 23.7 Å². The lowest BCUT2D eigenvalue weighted by Gasteiger charge is -2.20. The van der Waals surface area contributed by atoms with E-state index in [9.17, 15) is 4.79 Å². The van der Waals surface area contributed by atoms with Crippen LogP contribution in [0, 0.1) is 0 Å². The Balaban J connectivity index is 1.92. The molecule has 2 nitrogen and oxygen atoms in total. The van der Waals surface area contributed by atoms with Crippen LogP contribution in [0.15, 0.2) is 64.4 Å². The van der Waals surface area contributed by atoms with Gasteiger partial charge in [-0.05, 0) is 42.8 Å². The van der Waals surface area contributed by atoms with Crippen LogP contribution in [0.2, 0.25) is 0 Å². The molecule has 20 heavy (non-hydrogen) atoms. The Morgan fingerprint density at radius 1 is 1.15 bits per heavy atom. The molecule has 0 aliphatic carbocycles. The standard InChI is InChI=1S/C17H15NOS/c1-2-3-7-15(19)12-9-10-17-14(11-12)18-13-6-4-5-8-16(13)20-17/h3-11,18H,2H2,1H3/b7-3+. The topological polar surface area (TPSA) is 29.1 Å². The van der Waals surface area contributed by atoms with Crippen molar-refractivity contribution in [2.24, 2.45) is 0 Å². The van der Waals surface area contributed by atoms with E-state index >= 15 is 0 Å². The molecule has 1 N–H and O–H groups in total. The van der Waals surface area contributed by atoms with Gasteiger partial charge in [0.05, 0.1) is 11.4 Å². The maximum absolute atomic E-state index is 12.0. The minimum atomic E-state index is 0.0558. The fourth-order valence-corrected chi connectivity index (χ4v) is 3.08. The number of hydrogen-bond acceptors (Lipinski definition) is 3. The van der Waals surface area contributed by atoms with Crippen LogP contribution in [0.4, 0.5) is 11.4 Å². The second-order valence-corrected chi connectivity index (χ2v) is 5.69. The van der Waals surface area contributed by atoms with Crippen molar-refractivity contribution in [1.82, 2.24) is 0 Å². The lowest BCUT2D eigenvalue weighted by molar-refractivity contribution is 0.104. The van der Waals surface area contributed by atoms with Crippen molar-refractivity contribution in [3.63, 3.8) is 0 Å². The Kier molecular flexibility index (Phi) is 3.61. The third kappa shape index (κ3) is 2.49. The third-order valence-electron chi connectivity index (χ3n) is 3.15. The van der Waals surface area contributed by atoms with Crippen LogP contribution < -0.4 is 5.32 Å². The highest BCUT2D eigenvalue weighted by molar-refractivity contribution is 7.99. The van der Waals surface area contributed by atoms with Gasteiger partial charge in [0.2, 0.25) is 0 Å². The molecule has 100 valence electrons. The van der Waals surface area contributed by atoms with E-state index in [4.69, 9.17) is 0 Å². The molecule has 3 heteroatoms. The fraction of sp³-hybridized carbons (Fsp3) is 0.118. The SMILES string of the molecule is CC/C=C/C(=O)c1ccc2c(c1)Nc1ccccc1S2. The first-order chi connectivity index (χ1) is 9.78. The zero-order chi connectivity index (χ0) is 13.9. The average molecular weight is 281 g/mol. The van der Waals surface area contributed by atoms with Crippen LogP contribution >= 0.6 is 11.8 Å². The number of para-hydroxylation sites is 1. The highest BCUT2D eigenvalue weighted by atomic mass is 32.2. The normalized spacial score (nSPS) is 12.7. The van der Waals surface area contributed by atoms with Crippen LogP contribution in [0.3, 0.4) is 0 Å². The number of rotatable bonds is 3. The predicted octanol–water partition coefficient (Wildman–Crippen LogP) is 5.04. The summed E-state index contributed by atoms with van der Waals surface area (Å²) in [6, 6.07) is 14.0. The van der Waals surface area contributed by atoms with Crippen molar-refractivity contribution in [3.8, 4) is 0 Å². The van der Waals surface area contributed by atoms with E-state index < -0.39 is 0 Å². The van der Waals surface area contributed by atoms with E-state index in [0.29, 0.717) is 0 Å². The lowest BCUT2D eigenvalue weighted by Crippen LogP contribution is -2.02. The van der Waals surface area contributed by atoms with Gasteiger partial charge in [-0.25, -0.2) is 0 Å². The third-order valence-corrected chi connectivity index (χ3v) is 4.30. The number of fused-ring (bicyclic) bond motifs is 2. The molecule has 3 rings (SSSR count). The molecule has 1 aliphatic rings. The maximum atomic E-state index is 12.0. The summed E-state index contributed by atoms with van der Waals surface area (Å²) in [6.45, 7) is 2.02. The summed E-state index contributed by atoms with van der Waals surface area (Å²) in [5.41, 5.74) is 2.82. The average Bonchev–Trinajstić information content (AvgIpc) is 2.50. The summed E-state index contributed by atoms with van der Waals surface area (Å²) in [7, 11) is 0. The van der Waals surface area contributed by atoms with Crippen molar-refractivity contribution < 1.29 is 4.79 Å². The van der Waals surface area contributed by atoms with E-state index in [1.807, 2.05) is 43.3 Å². The Morgan fingerprint density at radius 2 is 1.95 bits per heavy atom. The number of anilines is 2. The van der Waals surface area contributed by atoms with E-state index in [2.05, 4.69) is 17.4 Å². The molecule has 1 aliphatic heterocycles. The van der Waals surface area contributed by atoms with E-state index in [-0.39, 0.29) is 5.78 Å². The number of carbonyl (C=O) groups is 1. The van der Waals surface area contributed by atoms with Crippen molar-refractivity contribution in [3.05, 3.63) is 60.2 Å². The van der Waals surface area contributed by atoms with Gasteiger partial charge in [-0.15, -0.1) is 0 Å². The second kappa shape index (κ2) is 5.55. The number of ketones is 1. The van der Waals surface area contributed by atoms with Crippen LogP contribution in [0.5, 0.6) is 0 Å². The quantitative estimate of drug-likeness (QED) is 0.538. The number of nitrogens with one attached hydrogen (secondary N) is 1. The van der Waals surface area contributed by atoms with Gasteiger partial charge in [0, 0.05) is 15.4 Å². The summed E-state index contributed by atoms with van der Waals surface area (Å²) in [5.74, 6) is 0.0558. The summed E-state index contributed by atoms with van der Waals surface area (Å²) < 4.78 is 0. The molecule has 2 aromatic rings. The van der Waals surface area contributed by atoms with E-state index in [1.165, 1.54) is 4.90 Å². The van der Waals surface area contributed by atoms with Gasteiger partial charge >= 0.3 is 0 Å². The smallest absolute Gasteiger partial charge is 0.185 e. The highest BCUT2D eigenvalue weighted by Crippen LogP contribution is 2.44. The largest absolute Gasteiger partial charge is 0.354 e. The van der Waals surface area contributed by atoms with Crippen LogP contribution in [0.25, 0.3) is 0 Å². The Morgan fingerprint density at radius 3 is 2.80 bits per heavy atom. The minimum Gasteiger partial charge on any atom is -0.354 e. The van der Waals surface area contributed by atoms with Gasteiger partial charge < -0.3 is 5.32 Å². The number of hydrogen-bond donors (Lipinski definition) is 1. The van der Waals surface area contributed by atoms with Gasteiger partial charge in [-0.2, -0.15) is 0 Å². The van der Waals surface area contributed by atoms with Gasteiger partial charge in [-0.3, -0.25) is 4.79 Å². The first-order valence-corrected chi connectivity index (χ1v) is 7.48. The summed E-state index contributed by atoms with van der Waals surface area (Å²) in [4.78, 5) is 14.4. The Hall–Kier alpha value is -2.00. The summed E-state index contributed by atoms with van der Waals surface area (Å²) >= 11 is 1.73. The van der Waals surface area contributed by atoms with Gasteiger partial charge in [-0.1, -0.05) is 36.9 Å². The number of carbonyl (C=O) groups excluding carboxylic acids is 1. The molecule has 2 aromatic carbocycles. The number of benzene rings is 2. The predicted molar refractivity (Wildman–Crippen MR) is 84.1 cm³/mol. The van der Waals surface area contributed by atoms with Crippen molar-refractivity contribution in [2.45, 2.75) is 23.1 Å². The minimum absolute atomic E-state index is 0.0558. The molecular weight excluding hydrogens is 266 g/mol. The Bertz CT molecular complexity index is 691. The monoisotopic (exact) mass is 281 g/mol. The molecule has 1 heterocycles. The van der Waals surface area contributed by atoms with Crippen molar-refractivity contribution in [1.29, 1.82) is 0 Å². The highest BCUT2D eigenvalue weighted by Gasteiger charge is 2.16. The first kappa shape index (κ1) is 13.0.